The monoisotopic (exact) mass is 250 g/mol. The largest absolute Gasteiger partial charge is 0.0851 e. The first-order valence-electron chi connectivity index (χ1n) is 8.36. The van der Waals surface area contributed by atoms with Crippen LogP contribution in [0.5, 0.6) is 0 Å². The predicted octanol–water partition coefficient (Wildman–Crippen LogP) is 6.37. The Hall–Kier alpha value is -0.260. The van der Waals surface area contributed by atoms with E-state index in [1.54, 1.807) is 5.57 Å². The molecule has 0 nitrogen and oxygen atoms in total. The molecule has 3 atom stereocenters. The zero-order valence-electron chi connectivity index (χ0n) is 13.2. The lowest BCUT2D eigenvalue weighted by Gasteiger charge is -2.22. The maximum atomic E-state index is 2.59. The zero-order chi connectivity index (χ0) is 13.4. The minimum atomic E-state index is 0.869. The van der Waals surface area contributed by atoms with Crippen LogP contribution in [0.25, 0.3) is 0 Å². The summed E-state index contributed by atoms with van der Waals surface area (Å²) in [6, 6.07) is 0. The van der Waals surface area contributed by atoms with Crippen molar-refractivity contribution in [3.8, 4) is 0 Å². The van der Waals surface area contributed by atoms with E-state index in [-0.39, 0.29) is 0 Å². The molecule has 0 N–H and O–H groups in total. The van der Waals surface area contributed by atoms with Gasteiger partial charge < -0.3 is 0 Å². The molecule has 0 saturated heterocycles. The molecule has 0 aromatic rings. The van der Waals surface area contributed by atoms with Crippen LogP contribution >= 0.6 is 0 Å². The van der Waals surface area contributed by atoms with Crippen LogP contribution in [0.1, 0.15) is 85.5 Å². The zero-order valence-corrected chi connectivity index (χ0v) is 13.2. The van der Waals surface area contributed by atoms with Gasteiger partial charge in [-0.1, -0.05) is 71.4 Å². The van der Waals surface area contributed by atoms with Crippen molar-refractivity contribution >= 4 is 0 Å². The molecule has 0 aromatic heterocycles. The summed E-state index contributed by atoms with van der Waals surface area (Å²) in [6.45, 7) is 9.48. The normalized spacial score (nSPS) is 27.9. The molecule has 1 aliphatic rings. The van der Waals surface area contributed by atoms with E-state index in [1.165, 1.54) is 57.8 Å². The van der Waals surface area contributed by atoms with E-state index in [9.17, 15) is 0 Å². The lowest BCUT2D eigenvalue weighted by atomic mass is 9.84. The van der Waals surface area contributed by atoms with Gasteiger partial charge in [0.1, 0.15) is 0 Å². The third-order valence-electron chi connectivity index (χ3n) is 4.76. The Morgan fingerprint density at radius 2 is 1.94 bits per heavy atom. The standard InChI is InChI=1S/C18H34/c1-5-7-10-18(14-15(3)6-2)17-11-8-9-16(4)12-13-17/h10,15-17H,5-9,11-14H2,1-4H3. The van der Waals surface area contributed by atoms with Gasteiger partial charge >= 0.3 is 0 Å². The first kappa shape index (κ1) is 15.8. The van der Waals surface area contributed by atoms with Crippen molar-refractivity contribution in [1.29, 1.82) is 0 Å². The van der Waals surface area contributed by atoms with Crippen LogP contribution in [-0.4, -0.2) is 0 Å². The van der Waals surface area contributed by atoms with Gasteiger partial charge in [-0.15, -0.1) is 0 Å². The lowest BCUT2D eigenvalue weighted by molar-refractivity contribution is 0.451. The smallest absolute Gasteiger partial charge is 0.0203 e. The Labute approximate surface area is 115 Å². The van der Waals surface area contributed by atoms with Crippen LogP contribution in [-0.2, 0) is 0 Å². The summed E-state index contributed by atoms with van der Waals surface area (Å²) in [4.78, 5) is 0. The molecule has 1 aliphatic carbocycles. The summed E-state index contributed by atoms with van der Waals surface area (Å²) in [7, 11) is 0. The number of unbranched alkanes of at least 4 members (excludes halogenated alkanes) is 1. The summed E-state index contributed by atoms with van der Waals surface area (Å²) in [6.07, 6.45) is 15.1. The summed E-state index contributed by atoms with van der Waals surface area (Å²) in [5.41, 5.74) is 1.81. The molecule has 1 rings (SSSR count). The maximum absolute atomic E-state index is 2.59. The second-order valence-corrected chi connectivity index (χ2v) is 6.60. The number of hydrogen-bond acceptors (Lipinski definition) is 0. The minimum absolute atomic E-state index is 0.869. The average molecular weight is 250 g/mol. The van der Waals surface area contributed by atoms with Crippen LogP contribution in [0.4, 0.5) is 0 Å². The van der Waals surface area contributed by atoms with E-state index in [0.717, 1.165) is 17.8 Å². The van der Waals surface area contributed by atoms with E-state index >= 15 is 0 Å². The molecule has 1 saturated carbocycles. The van der Waals surface area contributed by atoms with Gasteiger partial charge in [0.15, 0.2) is 0 Å². The van der Waals surface area contributed by atoms with Crippen LogP contribution in [0.2, 0.25) is 0 Å². The highest BCUT2D eigenvalue weighted by Gasteiger charge is 2.20. The van der Waals surface area contributed by atoms with Crippen molar-refractivity contribution < 1.29 is 0 Å². The first-order valence-corrected chi connectivity index (χ1v) is 8.36. The number of allylic oxidation sites excluding steroid dienone is 2. The van der Waals surface area contributed by atoms with Crippen molar-refractivity contribution in [1.82, 2.24) is 0 Å². The van der Waals surface area contributed by atoms with Gasteiger partial charge in [-0.25, -0.2) is 0 Å². The van der Waals surface area contributed by atoms with Crippen molar-refractivity contribution in [3.05, 3.63) is 11.6 Å². The highest BCUT2D eigenvalue weighted by molar-refractivity contribution is 5.08. The molecule has 0 amide bonds. The molecule has 18 heavy (non-hydrogen) atoms. The van der Waals surface area contributed by atoms with Gasteiger partial charge in [0.25, 0.3) is 0 Å². The van der Waals surface area contributed by atoms with Crippen molar-refractivity contribution in [2.45, 2.75) is 85.5 Å². The van der Waals surface area contributed by atoms with Crippen molar-refractivity contribution in [3.63, 3.8) is 0 Å². The summed E-state index contributed by atoms with van der Waals surface area (Å²) in [5, 5.41) is 0. The summed E-state index contributed by atoms with van der Waals surface area (Å²) < 4.78 is 0. The van der Waals surface area contributed by atoms with Gasteiger partial charge in [-0.3, -0.25) is 0 Å². The Bertz CT molecular complexity index is 238. The molecule has 1 fully saturated rings. The van der Waals surface area contributed by atoms with Crippen LogP contribution in [0.15, 0.2) is 11.6 Å². The Morgan fingerprint density at radius 3 is 2.61 bits per heavy atom. The van der Waals surface area contributed by atoms with E-state index in [4.69, 9.17) is 0 Å². The fourth-order valence-electron chi connectivity index (χ4n) is 3.15. The number of hydrogen-bond donors (Lipinski definition) is 0. The second kappa shape index (κ2) is 8.77. The van der Waals surface area contributed by atoms with Crippen LogP contribution in [0.3, 0.4) is 0 Å². The van der Waals surface area contributed by atoms with Gasteiger partial charge in [-0.05, 0) is 43.4 Å². The molecule has 0 heteroatoms. The first-order chi connectivity index (χ1) is 8.67. The molecule has 0 aliphatic heterocycles. The Balaban J connectivity index is 2.62. The highest BCUT2D eigenvalue weighted by atomic mass is 14.3. The summed E-state index contributed by atoms with van der Waals surface area (Å²) >= 11 is 0. The molecule has 0 radical (unpaired) electrons. The molecule has 3 unspecified atom stereocenters. The molecular formula is C18H34. The van der Waals surface area contributed by atoms with E-state index < -0.39 is 0 Å². The Morgan fingerprint density at radius 1 is 1.17 bits per heavy atom. The molecule has 0 aromatic carbocycles. The van der Waals surface area contributed by atoms with Crippen LogP contribution in [0, 0.1) is 17.8 Å². The third kappa shape index (κ3) is 5.59. The molecule has 0 heterocycles. The second-order valence-electron chi connectivity index (χ2n) is 6.60. The topological polar surface area (TPSA) is 0 Å². The van der Waals surface area contributed by atoms with Gasteiger partial charge in [0.2, 0.25) is 0 Å². The molecule has 0 bridgehead atoms. The minimum Gasteiger partial charge on any atom is -0.0851 e. The molecular weight excluding hydrogens is 216 g/mol. The fraction of sp³-hybridized carbons (Fsp3) is 0.889. The quantitative estimate of drug-likeness (QED) is 0.380. The lowest BCUT2D eigenvalue weighted by Crippen LogP contribution is -2.07. The average Bonchev–Trinajstić information content (AvgIpc) is 2.59. The van der Waals surface area contributed by atoms with E-state index in [2.05, 4.69) is 33.8 Å². The SMILES string of the molecule is CCCC=C(CC(C)CC)C1CCCC(C)CC1. The Kier molecular flexibility index (Phi) is 7.70. The van der Waals surface area contributed by atoms with Gasteiger partial charge in [0, 0.05) is 0 Å². The molecule has 0 spiro atoms. The van der Waals surface area contributed by atoms with Gasteiger partial charge in [0.05, 0.1) is 0 Å². The highest BCUT2D eigenvalue weighted by Crippen LogP contribution is 2.34. The van der Waals surface area contributed by atoms with Gasteiger partial charge in [-0.2, -0.15) is 0 Å². The predicted molar refractivity (Wildman–Crippen MR) is 82.8 cm³/mol. The van der Waals surface area contributed by atoms with Crippen molar-refractivity contribution in [2.75, 3.05) is 0 Å². The van der Waals surface area contributed by atoms with E-state index in [0.29, 0.717) is 0 Å². The maximum Gasteiger partial charge on any atom is -0.0203 e. The number of rotatable bonds is 6. The third-order valence-corrected chi connectivity index (χ3v) is 4.76. The molecule has 106 valence electrons. The van der Waals surface area contributed by atoms with Crippen LogP contribution < -0.4 is 0 Å². The summed E-state index contributed by atoms with van der Waals surface area (Å²) in [5.74, 6) is 2.75. The fourth-order valence-corrected chi connectivity index (χ4v) is 3.15. The van der Waals surface area contributed by atoms with Crippen molar-refractivity contribution in [2.24, 2.45) is 17.8 Å². The van der Waals surface area contributed by atoms with E-state index in [1.807, 2.05) is 0 Å².